The Kier molecular flexibility index (Phi) is 2.78. The number of rotatable bonds is 2. The second-order valence-corrected chi connectivity index (χ2v) is 5.42. The first-order chi connectivity index (χ1) is 10.3. The molecule has 0 fully saturated rings. The van der Waals surface area contributed by atoms with Crippen LogP contribution in [0.5, 0.6) is 0 Å². The first-order valence-corrected chi connectivity index (χ1v) is 7.28. The molecule has 0 saturated heterocycles. The lowest BCUT2D eigenvalue weighted by Crippen LogP contribution is -2.01. The van der Waals surface area contributed by atoms with Gasteiger partial charge in [-0.3, -0.25) is 4.68 Å². The van der Waals surface area contributed by atoms with Crippen LogP contribution in [-0.4, -0.2) is 16.3 Å². The van der Waals surface area contributed by atoms with Gasteiger partial charge in [0.25, 0.3) is 0 Å². The Balaban J connectivity index is 1.73. The van der Waals surface area contributed by atoms with Gasteiger partial charge in [-0.15, -0.1) is 0 Å². The van der Waals surface area contributed by atoms with Crippen molar-refractivity contribution >= 4 is 5.82 Å². The summed E-state index contributed by atoms with van der Waals surface area (Å²) in [6.07, 6.45) is 1.05. The Morgan fingerprint density at radius 1 is 0.905 bits per heavy atom. The van der Waals surface area contributed by atoms with Crippen molar-refractivity contribution in [3.8, 4) is 22.4 Å². The molecule has 1 aliphatic rings. The van der Waals surface area contributed by atoms with Gasteiger partial charge in [0.05, 0.1) is 5.69 Å². The zero-order chi connectivity index (χ0) is 14.2. The molecule has 2 heterocycles. The van der Waals surface area contributed by atoms with Crippen LogP contribution in [0.4, 0.5) is 5.82 Å². The number of benzene rings is 2. The van der Waals surface area contributed by atoms with Gasteiger partial charge in [0.2, 0.25) is 0 Å². The minimum Gasteiger partial charge on any atom is -0.370 e. The lowest BCUT2D eigenvalue weighted by molar-refractivity contribution is 0.775. The Bertz CT molecular complexity index is 770. The molecule has 0 bridgehead atoms. The number of fused-ring (bicyclic) bond motifs is 1. The highest BCUT2D eigenvalue weighted by Gasteiger charge is 2.21. The predicted octanol–water partition coefficient (Wildman–Crippen LogP) is 3.72. The Morgan fingerprint density at radius 3 is 2.33 bits per heavy atom. The van der Waals surface area contributed by atoms with Gasteiger partial charge in [-0.1, -0.05) is 54.6 Å². The Morgan fingerprint density at radius 2 is 1.57 bits per heavy atom. The summed E-state index contributed by atoms with van der Waals surface area (Å²) >= 11 is 0. The minimum absolute atomic E-state index is 1.01. The van der Waals surface area contributed by atoms with Crippen molar-refractivity contribution in [2.45, 2.75) is 6.42 Å². The van der Waals surface area contributed by atoms with Crippen molar-refractivity contribution in [3.05, 3.63) is 60.2 Å². The number of hydrogen-bond donors (Lipinski definition) is 1. The van der Waals surface area contributed by atoms with Crippen molar-refractivity contribution < 1.29 is 0 Å². The van der Waals surface area contributed by atoms with Crippen LogP contribution in [0.1, 0.15) is 5.56 Å². The van der Waals surface area contributed by atoms with Gasteiger partial charge in [-0.2, -0.15) is 5.10 Å². The third-order valence-corrected chi connectivity index (χ3v) is 4.08. The van der Waals surface area contributed by atoms with Gasteiger partial charge < -0.3 is 5.32 Å². The fraction of sp³-hybridized carbons (Fsp3) is 0.167. The third-order valence-electron chi connectivity index (χ3n) is 4.08. The highest BCUT2D eigenvalue weighted by atomic mass is 15.3. The molecule has 0 spiro atoms. The molecule has 0 aliphatic carbocycles. The molecule has 0 unspecified atom stereocenters. The summed E-state index contributed by atoms with van der Waals surface area (Å²) in [7, 11) is 2.00. The predicted molar refractivity (Wildman–Crippen MR) is 86.3 cm³/mol. The van der Waals surface area contributed by atoms with E-state index in [1.165, 1.54) is 22.3 Å². The summed E-state index contributed by atoms with van der Waals surface area (Å²) in [5.41, 5.74) is 6.12. The molecule has 3 heteroatoms. The number of nitrogens with zero attached hydrogens (tertiary/aromatic N) is 2. The van der Waals surface area contributed by atoms with E-state index in [-0.39, 0.29) is 0 Å². The maximum absolute atomic E-state index is 4.66. The second-order valence-electron chi connectivity index (χ2n) is 5.42. The van der Waals surface area contributed by atoms with E-state index in [4.69, 9.17) is 0 Å². The van der Waals surface area contributed by atoms with Gasteiger partial charge in [-0.25, -0.2) is 0 Å². The van der Waals surface area contributed by atoms with E-state index in [1.54, 1.807) is 0 Å². The smallest absolute Gasteiger partial charge is 0.127 e. The van der Waals surface area contributed by atoms with Crippen LogP contribution in [-0.2, 0) is 13.5 Å². The Labute approximate surface area is 124 Å². The number of aryl methyl sites for hydroxylation is 1. The molecular weight excluding hydrogens is 258 g/mol. The maximum Gasteiger partial charge on any atom is 0.127 e. The fourth-order valence-corrected chi connectivity index (χ4v) is 3.01. The monoisotopic (exact) mass is 275 g/mol. The first kappa shape index (κ1) is 12.2. The second kappa shape index (κ2) is 4.77. The van der Waals surface area contributed by atoms with Gasteiger partial charge in [0.1, 0.15) is 5.82 Å². The number of aromatic nitrogens is 2. The fourth-order valence-electron chi connectivity index (χ4n) is 3.01. The van der Waals surface area contributed by atoms with E-state index in [0.29, 0.717) is 0 Å². The van der Waals surface area contributed by atoms with Crippen molar-refractivity contribution in [1.29, 1.82) is 0 Å². The van der Waals surface area contributed by atoms with Crippen LogP contribution < -0.4 is 5.32 Å². The third kappa shape index (κ3) is 2.02. The molecule has 1 N–H and O–H groups in total. The summed E-state index contributed by atoms with van der Waals surface area (Å²) in [5.74, 6) is 1.16. The molecule has 0 atom stereocenters. The van der Waals surface area contributed by atoms with Crippen LogP contribution in [0.25, 0.3) is 22.4 Å². The highest BCUT2D eigenvalue weighted by Crippen LogP contribution is 2.33. The summed E-state index contributed by atoms with van der Waals surface area (Å²) in [6, 6.07) is 19.1. The summed E-state index contributed by atoms with van der Waals surface area (Å²) < 4.78 is 1.95. The molecule has 4 rings (SSSR count). The zero-order valence-electron chi connectivity index (χ0n) is 12.0. The van der Waals surface area contributed by atoms with Crippen LogP contribution >= 0.6 is 0 Å². The minimum atomic E-state index is 1.01. The average molecular weight is 275 g/mol. The van der Waals surface area contributed by atoms with Crippen molar-refractivity contribution in [2.24, 2.45) is 7.05 Å². The van der Waals surface area contributed by atoms with E-state index >= 15 is 0 Å². The molecule has 0 amide bonds. The first-order valence-electron chi connectivity index (χ1n) is 7.28. The summed E-state index contributed by atoms with van der Waals surface area (Å²) in [4.78, 5) is 0. The van der Waals surface area contributed by atoms with E-state index < -0.39 is 0 Å². The summed E-state index contributed by atoms with van der Waals surface area (Å²) in [6.45, 7) is 1.01. The van der Waals surface area contributed by atoms with Crippen molar-refractivity contribution in [1.82, 2.24) is 9.78 Å². The van der Waals surface area contributed by atoms with Crippen molar-refractivity contribution in [3.63, 3.8) is 0 Å². The SMILES string of the molecule is Cn1nc(-c2ccc(-c3ccccc3)cc2)c2c1NCC2. The van der Waals surface area contributed by atoms with E-state index in [9.17, 15) is 0 Å². The highest BCUT2D eigenvalue weighted by molar-refractivity contribution is 5.74. The summed E-state index contributed by atoms with van der Waals surface area (Å²) in [5, 5.41) is 8.06. The van der Waals surface area contributed by atoms with Gasteiger partial charge >= 0.3 is 0 Å². The van der Waals surface area contributed by atoms with Crippen LogP contribution in [0.2, 0.25) is 0 Å². The van der Waals surface area contributed by atoms with E-state index in [1.807, 2.05) is 17.8 Å². The molecule has 104 valence electrons. The number of nitrogens with one attached hydrogen (secondary N) is 1. The largest absolute Gasteiger partial charge is 0.370 e. The molecule has 21 heavy (non-hydrogen) atoms. The van der Waals surface area contributed by atoms with Gasteiger partial charge in [0.15, 0.2) is 0 Å². The normalized spacial score (nSPS) is 13.0. The molecule has 2 aromatic carbocycles. The molecule has 1 aromatic heterocycles. The lowest BCUT2D eigenvalue weighted by Gasteiger charge is -2.04. The van der Waals surface area contributed by atoms with Crippen LogP contribution in [0, 0.1) is 0 Å². The van der Waals surface area contributed by atoms with E-state index in [2.05, 4.69) is 58.9 Å². The van der Waals surface area contributed by atoms with Crippen LogP contribution in [0.15, 0.2) is 54.6 Å². The Hall–Kier alpha value is -2.55. The lowest BCUT2D eigenvalue weighted by atomic mass is 10.0. The topological polar surface area (TPSA) is 29.9 Å². The molecule has 0 radical (unpaired) electrons. The average Bonchev–Trinajstić information content (AvgIpc) is 3.13. The molecule has 0 saturated carbocycles. The number of anilines is 1. The molecule has 3 aromatic rings. The number of hydrogen-bond acceptors (Lipinski definition) is 2. The zero-order valence-corrected chi connectivity index (χ0v) is 12.0. The molecular formula is C18H17N3. The van der Waals surface area contributed by atoms with Crippen LogP contribution in [0.3, 0.4) is 0 Å². The quantitative estimate of drug-likeness (QED) is 0.772. The standard InChI is InChI=1S/C18H17N3/c1-21-18-16(11-12-19-18)17(20-21)15-9-7-14(8-10-15)13-5-3-2-4-6-13/h2-10,19H,11-12H2,1H3. The molecule has 3 nitrogen and oxygen atoms in total. The van der Waals surface area contributed by atoms with Crippen molar-refractivity contribution in [2.75, 3.05) is 11.9 Å². The maximum atomic E-state index is 4.66. The van der Waals surface area contributed by atoms with Gasteiger partial charge in [0, 0.05) is 24.7 Å². The van der Waals surface area contributed by atoms with Gasteiger partial charge in [-0.05, 0) is 17.5 Å². The van der Waals surface area contributed by atoms with E-state index in [0.717, 1.165) is 24.5 Å². The molecule has 1 aliphatic heterocycles.